The first-order valence-electron chi connectivity index (χ1n) is 10.9. The Labute approximate surface area is 187 Å². The Bertz CT molecular complexity index is 1200. The van der Waals surface area contributed by atoms with Crippen molar-refractivity contribution in [3.63, 3.8) is 0 Å². The van der Waals surface area contributed by atoms with Gasteiger partial charge in [0.2, 0.25) is 0 Å². The summed E-state index contributed by atoms with van der Waals surface area (Å²) in [4.78, 5) is 11.5. The van der Waals surface area contributed by atoms with E-state index in [0.29, 0.717) is 5.92 Å². The van der Waals surface area contributed by atoms with Crippen molar-refractivity contribution in [1.29, 1.82) is 0 Å². The van der Waals surface area contributed by atoms with Crippen molar-refractivity contribution >= 4 is 5.65 Å². The second-order valence-electron chi connectivity index (χ2n) is 8.17. The average molecular weight is 430 g/mol. The van der Waals surface area contributed by atoms with Gasteiger partial charge in [0.05, 0.1) is 14.2 Å². The van der Waals surface area contributed by atoms with Crippen LogP contribution in [0.25, 0.3) is 16.8 Å². The number of fused-ring (bicyclic) bond motifs is 1. The molecule has 0 unspecified atom stereocenters. The third kappa shape index (κ3) is 4.16. The van der Waals surface area contributed by atoms with Crippen LogP contribution in [0.3, 0.4) is 0 Å². The molecule has 1 aromatic carbocycles. The summed E-state index contributed by atoms with van der Waals surface area (Å²) in [6, 6.07) is 14.1. The van der Waals surface area contributed by atoms with Crippen molar-refractivity contribution in [2.24, 2.45) is 0 Å². The molecule has 0 bridgehead atoms. The largest absolute Gasteiger partial charge is 0.497 e. The average Bonchev–Trinajstić information content (AvgIpc) is 3.28. The summed E-state index contributed by atoms with van der Waals surface area (Å²) in [5.74, 6) is 2.86. The Morgan fingerprint density at radius 2 is 1.91 bits per heavy atom. The van der Waals surface area contributed by atoms with Gasteiger partial charge in [-0.1, -0.05) is 6.07 Å². The Hall–Kier alpha value is -3.45. The Morgan fingerprint density at radius 3 is 2.66 bits per heavy atom. The summed E-state index contributed by atoms with van der Waals surface area (Å²) < 4.78 is 12.8. The molecule has 0 radical (unpaired) electrons. The molecule has 1 aliphatic rings. The molecule has 1 saturated heterocycles. The molecule has 7 nitrogen and oxygen atoms in total. The molecule has 4 aromatic rings. The quantitative estimate of drug-likeness (QED) is 0.458. The van der Waals surface area contributed by atoms with E-state index in [1.807, 2.05) is 53.4 Å². The molecule has 3 aromatic heterocycles. The van der Waals surface area contributed by atoms with Crippen LogP contribution < -0.4 is 9.47 Å². The minimum Gasteiger partial charge on any atom is -0.497 e. The number of ether oxygens (including phenoxy) is 2. The highest BCUT2D eigenvalue weighted by Crippen LogP contribution is 2.34. The summed E-state index contributed by atoms with van der Waals surface area (Å²) in [6.07, 6.45) is 7.92. The maximum Gasteiger partial charge on any atom is 0.155 e. The molecule has 0 amide bonds. The third-order valence-corrected chi connectivity index (χ3v) is 6.15. The van der Waals surface area contributed by atoms with Crippen molar-refractivity contribution < 1.29 is 9.47 Å². The second kappa shape index (κ2) is 8.96. The zero-order valence-corrected chi connectivity index (χ0v) is 18.4. The number of benzene rings is 1. The topological polar surface area (TPSA) is 64.8 Å². The first kappa shape index (κ1) is 20.5. The highest BCUT2D eigenvalue weighted by atomic mass is 16.5. The number of hydrogen-bond donors (Lipinski definition) is 0. The maximum absolute atomic E-state index is 5.57. The highest BCUT2D eigenvalue weighted by molar-refractivity contribution is 5.72. The summed E-state index contributed by atoms with van der Waals surface area (Å²) in [5.41, 5.74) is 4.16. The van der Waals surface area contributed by atoms with Crippen LogP contribution in [0.1, 0.15) is 30.1 Å². The number of nitrogens with zero attached hydrogens (tertiary/aromatic N) is 5. The summed E-state index contributed by atoms with van der Waals surface area (Å²) in [7, 11) is 3.33. The van der Waals surface area contributed by atoms with Crippen molar-refractivity contribution in [1.82, 2.24) is 24.5 Å². The number of aromatic nitrogens is 4. The van der Waals surface area contributed by atoms with E-state index in [-0.39, 0.29) is 0 Å². The molecular weight excluding hydrogens is 402 g/mol. The van der Waals surface area contributed by atoms with Gasteiger partial charge in [-0.25, -0.2) is 9.50 Å². The fraction of sp³-hybridized carbons (Fsp3) is 0.320. The van der Waals surface area contributed by atoms with Crippen molar-refractivity contribution in [2.45, 2.75) is 25.3 Å². The van der Waals surface area contributed by atoms with Gasteiger partial charge in [0, 0.05) is 48.2 Å². The normalized spacial score (nSPS) is 15.2. The fourth-order valence-corrected chi connectivity index (χ4v) is 4.37. The van der Waals surface area contributed by atoms with E-state index in [0.717, 1.165) is 66.6 Å². The molecule has 0 N–H and O–H groups in total. The van der Waals surface area contributed by atoms with E-state index in [2.05, 4.69) is 22.0 Å². The SMILES string of the molecule is COc1ccc(-c2ccc3nc(C4CCN(Cc5cccnc5)CC4)nn3c2)c(OC)c1. The zero-order chi connectivity index (χ0) is 21.9. The lowest BCUT2D eigenvalue weighted by Crippen LogP contribution is -2.32. The molecule has 1 aliphatic heterocycles. The smallest absolute Gasteiger partial charge is 0.155 e. The molecule has 4 heterocycles. The van der Waals surface area contributed by atoms with Gasteiger partial charge in [0.25, 0.3) is 0 Å². The number of methoxy groups -OCH3 is 2. The molecule has 1 fully saturated rings. The summed E-state index contributed by atoms with van der Waals surface area (Å²) in [6.45, 7) is 3.04. The maximum atomic E-state index is 5.57. The van der Waals surface area contributed by atoms with Crippen LogP contribution in [0.5, 0.6) is 11.5 Å². The van der Waals surface area contributed by atoms with Crippen molar-refractivity contribution in [2.75, 3.05) is 27.3 Å². The number of hydrogen-bond acceptors (Lipinski definition) is 6. The predicted octanol–water partition coefficient (Wildman–Crippen LogP) is 4.19. The lowest BCUT2D eigenvalue weighted by atomic mass is 9.96. The van der Waals surface area contributed by atoms with E-state index in [9.17, 15) is 0 Å². The molecule has 164 valence electrons. The second-order valence-corrected chi connectivity index (χ2v) is 8.17. The van der Waals surface area contributed by atoms with E-state index >= 15 is 0 Å². The Morgan fingerprint density at radius 1 is 1.03 bits per heavy atom. The van der Waals surface area contributed by atoms with Crippen LogP contribution in [-0.2, 0) is 6.54 Å². The van der Waals surface area contributed by atoms with Crippen LogP contribution in [0, 0.1) is 0 Å². The van der Waals surface area contributed by atoms with Gasteiger partial charge in [-0.2, -0.15) is 5.10 Å². The standard InChI is InChI=1S/C25H27N5O2/c1-31-21-6-7-22(23(14-21)32-2)20-5-8-24-27-25(28-30(24)17-20)19-9-12-29(13-10-19)16-18-4-3-11-26-15-18/h3-8,11,14-15,17,19H,9-10,12-13,16H2,1-2H3. The minimum atomic E-state index is 0.388. The van der Waals surface area contributed by atoms with Crippen molar-refractivity contribution in [3.8, 4) is 22.6 Å². The lowest BCUT2D eigenvalue weighted by molar-refractivity contribution is 0.201. The predicted molar refractivity (Wildman–Crippen MR) is 123 cm³/mol. The van der Waals surface area contributed by atoms with Gasteiger partial charge in [0.15, 0.2) is 11.5 Å². The van der Waals surface area contributed by atoms with E-state index in [4.69, 9.17) is 19.6 Å². The van der Waals surface area contributed by atoms with Crippen molar-refractivity contribution in [3.05, 3.63) is 72.4 Å². The molecule has 0 spiro atoms. The third-order valence-electron chi connectivity index (χ3n) is 6.15. The Kier molecular flexibility index (Phi) is 5.73. The lowest BCUT2D eigenvalue weighted by Gasteiger charge is -2.30. The van der Waals surface area contributed by atoms with Gasteiger partial charge < -0.3 is 9.47 Å². The van der Waals surface area contributed by atoms with Crippen LogP contribution in [-0.4, -0.2) is 51.8 Å². The van der Waals surface area contributed by atoms with E-state index in [1.165, 1.54) is 5.56 Å². The number of pyridine rings is 2. The summed E-state index contributed by atoms with van der Waals surface area (Å²) in [5, 5.41) is 4.83. The zero-order valence-electron chi connectivity index (χ0n) is 18.4. The van der Waals surface area contributed by atoms with E-state index < -0.39 is 0 Å². The Balaban J connectivity index is 1.32. The summed E-state index contributed by atoms with van der Waals surface area (Å²) >= 11 is 0. The van der Waals surface area contributed by atoms with Gasteiger partial charge in [0.1, 0.15) is 11.5 Å². The molecule has 0 atom stereocenters. The number of likely N-dealkylation sites (tertiary alicyclic amines) is 1. The fourth-order valence-electron chi connectivity index (χ4n) is 4.37. The molecule has 32 heavy (non-hydrogen) atoms. The van der Waals surface area contributed by atoms with Gasteiger partial charge in [-0.3, -0.25) is 9.88 Å². The number of piperidine rings is 1. The molecule has 0 aliphatic carbocycles. The number of rotatable bonds is 6. The van der Waals surface area contributed by atoms with Gasteiger partial charge in [-0.05, 0) is 61.8 Å². The monoisotopic (exact) mass is 429 g/mol. The van der Waals surface area contributed by atoms with E-state index in [1.54, 1.807) is 14.2 Å². The molecule has 5 rings (SSSR count). The highest BCUT2D eigenvalue weighted by Gasteiger charge is 2.24. The van der Waals surface area contributed by atoms with Gasteiger partial charge in [-0.15, -0.1) is 0 Å². The molecule has 0 saturated carbocycles. The van der Waals surface area contributed by atoms with Crippen LogP contribution in [0.15, 0.2) is 61.1 Å². The first-order valence-corrected chi connectivity index (χ1v) is 10.9. The molecular formula is C25H27N5O2. The minimum absolute atomic E-state index is 0.388. The van der Waals surface area contributed by atoms with Crippen LogP contribution in [0.2, 0.25) is 0 Å². The first-order chi connectivity index (χ1) is 15.7. The van der Waals surface area contributed by atoms with Gasteiger partial charge >= 0.3 is 0 Å². The van der Waals surface area contributed by atoms with Crippen LogP contribution in [0.4, 0.5) is 0 Å². The molecule has 7 heteroatoms. The van der Waals surface area contributed by atoms with Crippen LogP contribution >= 0.6 is 0 Å².